The van der Waals surface area contributed by atoms with E-state index in [9.17, 15) is 4.79 Å². The third-order valence-corrected chi connectivity index (χ3v) is 11.9. The van der Waals surface area contributed by atoms with Crippen LogP contribution in [-0.4, -0.2) is 20.2 Å². The summed E-state index contributed by atoms with van der Waals surface area (Å²) in [6.07, 6.45) is 14.9. The third kappa shape index (κ3) is 3.35. The van der Waals surface area contributed by atoms with Crippen LogP contribution in [0.25, 0.3) is 0 Å². The summed E-state index contributed by atoms with van der Waals surface area (Å²) in [5, 5.41) is 0. The minimum atomic E-state index is -1.73. The van der Waals surface area contributed by atoms with Gasteiger partial charge in [0.25, 0.3) is 0 Å². The molecule has 162 valence electrons. The smallest absolute Gasteiger partial charge is 0.190 e. The average Bonchev–Trinajstić information content (AvgIpc) is 2.99. The van der Waals surface area contributed by atoms with Gasteiger partial charge in [0.1, 0.15) is 5.78 Å². The predicted molar refractivity (Wildman–Crippen MR) is 123 cm³/mol. The van der Waals surface area contributed by atoms with Crippen molar-refractivity contribution in [1.82, 2.24) is 0 Å². The zero-order valence-corrected chi connectivity index (χ0v) is 20.4. The lowest BCUT2D eigenvalue weighted by atomic mass is 9.47. The Morgan fingerprint density at radius 3 is 2.69 bits per heavy atom. The lowest BCUT2D eigenvalue weighted by Crippen LogP contribution is -2.56. The first-order valence-electron chi connectivity index (χ1n) is 12.1. The second-order valence-electron chi connectivity index (χ2n) is 11.7. The minimum absolute atomic E-state index is 0.197. The second kappa shape index (κ2) is 7.48. The van der Waals surface area contributed by atoms with Gasteiger partial charge < -0.3 is 4.43 Å². The molecule has 4 aliphatic rings. The molecule has 0 saturated heterocycles. The highest BCUT2D eigenvalue weighted by atomic mass is 28.4. The first-order valence-corrected chi connectivity index (χ1v) is 15.2. The second-order valence-corrected chi connectivity index (χ2v) is 15.8. The highest BCUT2D eigenvalue weighted by Gasteiger charge is 2.61. The Labute approximate surface area is 179 Å². The molecule has 29 heavy (non-hydrogen) atoms. The zero-order chi connectivity index (χ0) is 21.0. The lowest BCUT2D eigenvalue weighted by molar-refractivity contribution is -0.129. The number of fused-ring (bicyclic) bond motifs is 5. The Kier molecular flexibility index (Phi) is 5.56. The number of carbonyl (C=O) groups excluding carboxylic acids is 1. The van der Waals surface area contributed by atoms with Crippen LogP contribution >= 0.6 is 0 Å². The molecule has 3 fully saturated rings. The summed E-state index contributed by atoms with van der Waals surface area (Å²) in [5.74, 6) is 2.91. The fourth-order valence-corrected chi connectivity index (χ4v) is 10.2. The standard InChI is InChI=1S/C26H42O2Si/c1-7-17-29(5,6)28-24-10-8-9-19-11-12-20-22-14-13-21(18(2)27)25(22,3)16-15-23(20)26(19,24)4/h7,11,20-24H,1,8-10,12-17H2,2-6H3/t20-,21+,22-,23-,24?,25+,26-/m0/s1. The van der Waals surface area contributed by atoms with E-state index in [1.165, 1.54) is 44.9 Å². The van der Waals surface area contributed by atoms with Gasteiger partial charge in [0, 0.05) is 11.3 Å². The minimum Gasteiger partial charge on any atom is -0.413 e. The van der Waals surface area contributed by atoms with Gasteiger partial charge in [-0.1, -0.05) is 31.6 Å². The number of hydrogen-bond donors (Lipinski definition) is 0. The summed E-state index contributed by atoms with van der Waals surface area (Å²) >= 11 is 0. The Balaban J connectivity index is 1.65. The van der Waals surface area contributed by atoms with Crippen molar-refractivity contribution >= 4 is 14.1 Å². The molecule has 0 aromatic carbocycles. The monoisotopic (exact) mass is 414 g/mol. The zero-order valence-electron chi connectivity index (χ0n) is 19.4. The maximum Gasteiger partial charge on any atom is 0.190 e. The van der Waals surface area contributed by atoms with E-state index in [4.69, 9.17) is 4.43 Å². The highest BCUT2D eigenvalue weighted by Crippen LogP contribution is 2.66. The number of Topliss-reactive ketones (excluding diaryl/α,β-unsaturated/α-hetero) is 1. The number of carbonyl (C=O) groups is 1. The summed E-state index contributed by atoms with van der Waals surface area (Å²) < 4.78 is 7.01. The van der Waals surface area contributed by atoms with Crippen molar-refractivity contribution < 1.29 is 9.22 Å². The van der Waals surface area contributed by atoms with Crippen molar-refractivity contribution in [3.8, 4) is 0 Å². The van der Waals surface area contributed by atoms with Gasteiger partial charge in [-0.25, -0.2) is 0 Å². The Hall–Kier alpha value is -0.673. The van der Waals surface area contributed by atoms with E-state index in [0.29, 0.717) is 23.7 Å². The maximum atomic E-state index is 12.4. The molecule has 0 radical (unpaired) electrons. The van der Waals surface area contributed by atoms with E-state index < -0.39 is 8.32 Å². The molecule has 0 aromatic rings. The van der Waals surface area contributed by atoms with Gasteiger partial charge in [0.15, 0.2) is 8.32 Å². The molecule has 7 atom stereocenters. The molecule has 0 spiro atoms. The van der Waals surface area contributed by atoms with Crippen molar-refractivity contribution in [1.29, 1.82) is 0 Å². The number of ketones is 1. The summed E-state index contributed by atoms with van der Waals surface area (Å²) in [5.41, 5.74) is 2.13. The fourth-order valence-electron chi connectivity index (χ4n) is 8.32. The Morgan fingerprint density at radius 1 is 1.24 bits per heavy atom. The molecule has 2 nitrogen and oxygen atoms in total. The third-order valence-electron chi connectivity index (χ3n) is 9.70. The quantitative estimate of drug-likeness (QED) is 0.360. The van der Waals surface area contributed by atoms with Crippen LogP contribution in [0.2, 0.25) is 19.1 Å². The van der Waals surface area contributed by atoms with Crippen molar-refractivity contribution in [2.24, 2.45) is 34.5 Å². The van der Waals surface area contributed by atoms with Crippen LogP contribution in [0.4, 0.5) is 0 Å². The summed E-state index contributed by atoms with van der Waals surface area (Å²) in [6.45, 7) is 15.5. The summed E-state index contributed by atoms with van der Waals surface area (Å²) in [4.78, 5) is 12.4. The van der Waals surface area contributed by atoms with E-state index in [0.717, 1.165) is 24.3 Å². The number of allylic oxidation sites excluding steroid dienone is 2. The van der Waals surface area contributed by atoms with Crippen LogP contribution in [0.5, 0.6) is 0 Å². The highest BCUT2D eigenvalue weighted by molar-refractivity contribution is 6.71. The molecule has 1 unspecified atom stereocenters. The molecular formula is C26H42O2Si. The molecule has 0 N–H and O–H groups in total. The summed E-state index contributed by atoms with van der Waals surface area (Å²) in [6, 6.07) is 1.04. The average molecular weight is 415 g/mol. The van der Waals surface area contributed by atoms with E-state index in [2.05, 4.69) is 45.7 Å². The first-order chi connectivity index (χ1) is 13.6. The lowest BCUT2D eigenvalue weighted by Gasteiger charge is -2.60. The van der Waals surface area contributed by atoms with E-state index >= 15 is 0 Å². The van der Waals surface area contributed by atoms with E-state index in [1.54, 1.807) is 5.57 Å². The van der Waals surface area contributed by atoms with Crippen LogP contribution in [0.1, 0.15) is 72.1 Å². The van der Waals surface area contributed by atoms with Gasteiger partial charge in [-0.15, -0.1) is 6.58 Å². The molecule has 0 bridgehead atoms. The van der Waals surface area contributed by atoms with E-state index in [-0.39, 0.29) is 10.8 Å². The van der Waals surface area contributed by atoms with Crippen molar-refractivity contribution in [2.75, 3.05) is 0 Å². The Bertz CT molecular complexity index is 709. The van der Waals surface area contributed by atoms with E-state index in [1.807, 2.05) is 6.92 Å². The number of hydrogen-bond acceptors (Lipinski definition) is 2. The largest absolute Gasteiger partial charge is 0.413 e. The molecule has 0 amide bonds. The molecule has 4 aliphatic carbocycles. The summed E-state index contributed by atoms with van der Waals surface area (Å²) in [7, 11) is -1.73. The van der Waals surface area contributed by atoms with Gasteiger partial charge in [0.05, 0.1) is 6.10 Å². The number of rotatable bonds is 5. The maximum absolute atomic E-state index is 12.4. The van der Waals surface area contributed by atoms with Gasteiger partial charge in [-0.05, 0) is 101 Å². The molecule has 0 heterocycles. The van der Waals surface area contributed by atoms with Crippen LogP contribution in [-0.2, 0) is 9.22 Å². The van der Waals surface area contributed by atoms with Crippen molar-refractivity contribution in [3.05, 3.63) is 24.3 Å². The molecule has 4 rings (SSSR count). The van der Waals surface area contributed by atoms with Gasteiger partial charge in [-0.3, -0.25) is 4.79 Å². The first kappa shape index (κ1) is 21.6. The van der Waals surface area contributed by atoms with Crippen LogP contribution in [0, 0.1) is 34.5 Å². The molecular weight excluding hydrogens is 372 g/mol. The molecule has 3 heteroatoms. The van der Waals surface area contributed by atoms with Crippen molar-refractivity contribution in [2.45, 2.75) is 97.4 Å². The Morgan fingerprint density at radius 2 is 2.00 bits per heavy atom. The van der Waals surface area contributed by atoms with Crippen LogP contribution < -0.4 is 0 Å². The fraction of sp³-hybridized carbons (Fsp3) is 0.808. The molecule has 0 aromatic heterocycles. The SMILES string of the molecule is C=CC[Si](C)(C)OC1CCCC2=CC[C@H]3[C@@H]4CC[C@H](C(C)=O)[C@@]4(C)CC[C@@H]3[C@]21C. The van der Waals surface area contributed by atoms with Gasteiger partial charge >= 0.3 is 0 Å². The van der Waals surface area contributed by atoms with Crippen molar-refractivity contribution in [3.63, 3.8) is 0 Å². The van der Waals surface area contributed by atoms with Gasteiger partial charge in [-0.2, -0.15) is 0 Å². The van der Waals surface area contributed by atoms with Crippen LogP contribution in [0.15, 0.2) is 24.3 Å². The normalized spacial score (nSPS) is 44.3. The molecule has 3 saturated carbocycles. The topological polar surface area (TPSA) is 26.3 Å². The molecule has 0 aliphatic heterocycles. The predicted octanol–water partition coefficient (Wildman–Crippen LogP) is 6.93. The van der Waals surface area contributed by atoms with Gasteiger partial charge in [0.2, 0.25) is 0 Å². The van der Waals surface area contributed by atoms with Crippen LogP contribution in [0.3, 0.4) is 0 Å².